The fraction of sp³-hybridized carbons (Fsp3) is 0.565. The molecule has 2 bridgehead atoms. The third-order valence-corrected chi connectivity index (χ3v) is 7.02. The number of benzene rings is 1. The first-order valence-corrected chi connectivity index (χ1v) is 10.9. The Hall–Kier alpha value is -2.10. The topological polar surface area (TPSA) is 41.0 Å². The normalized spacial score (nSPS) is 27.0. The van der Waals surface area contributed by atoms with E-state index in [1.165, 1.54) is 56.9 Å². The van der Waals surface area contributed by atoms with Crippen molar-refractivity contribution in [1.82, 2.24) is 9.97 Å². The maximum absolute atomic E-state index is 5.04. The van der Waals surface area contributed by atoms with Crippen molar-refractivity contribution in [2.24, 2.45) is 0 Å². The lowest BCUT2D eigenvalue weighted by molar-refractivity contribution is 0.461. The first-order valence-electron chi connectivity index (χ1n) is 10.9. The fourth-order valence-electron chi connectivity index (χ4n) is 5.45. The minimum absolute atomic E-state index is 0.496. The average molecular weight is 361 g/mol. The number of hydrogen-bond donors (Lipinski definition) is 1. The van der Waals surface area contributed by atoms with E-state index in [2.05, 4.69) is 40.5 Å². The predicted octanol–water partition coefficient (Wildman–Crippen LogP) is 5.15. The summed E-state index contributed by atoms with van der Waals surface area (Å²) in [4.78, 5) is 12.5. The molecule has 0 amide bonds. The molecule has 4 heteroatoms. The van der Waals surface area contributed by atoms with Gasteiger partial charge < -0.3 is 10.2 Å². The Morgan fingerprint density at radius 2 is 1.70 bits per heavy atom. The van der Waals surface area contributed by atoms with E-state index in [-0.39, 0.29) is 0 Å². The molecule has 1 saturated heterocycles. The first kappa shape index (κ1) is 15.9. The molecule has 1 aliphatic heterocycles. The van der Waals surface area contributed by atoms with Gasteiger partial charge in [0.1, 0.15) is 17.5 Å². The molecule has 1 aromatic heterocycles. The van der Waals surface area contributed by atoms with Gasteiger partial charge in [-0.3, -0.25) is 0 Å². The molecule has 2 aromatic rings. The van der Waals surface area contributed by atoms with E-state index in [4.69, 9.17) is 9.97 Å². The Bertz CT molecular complexity index is 853. The van der Waals surface area contributed by atoms with Crippen LogP contribution in [0, 0.1) is 0 Å². The summed E-state index contributed by atoms with van der Waals surface area (Å²) in [5.74, 6) is 4.53. The van der Waals surface area contributed by atoms with Gasteiger partial charge in [0, 0.05) is 30.5 Å². The molecule has 140 valence electrons. The molecule has 0 spiro atoms. The Labute approximate surface area is 161 Å². The molecule has 27 heavy (non-hydrogen) atoms. The number of rotatable bonds is 4. The third kappa shape index (κ3) is 2.81. The Morgan fingerprint density at radius 3 is 2.52 bits per heavy atom. The predicted molar refractivity (Wildman–Crippen MR) is 108 cm³/mol. The van der Waals surface area contributed by atoms with Crippen molar-refractivity contribution in [3.63, 3.8) is 0 Å². The standard InChI is InChI=1S/C23H28N4/c1-2-6-17(7-3-1)24-21-13-22(26-23(25-21)15-10-11-15)27-14-16-12-20(27)19-9-5-4-8-18(16)19/h4-5,8-9,13,15-17,20H,1-3,6-7,10-12,14H2,(H,24,25,26)/t16-,20+/m0/s1. The van der Waals surface area contributed by atoms with Crippen LogP contribution in [-0.4, -0.2) is 22.6 Å². The largest absolute Gasteiger partial charge is 0.367 e. The molecule has 2 heterocycles. The molecule has 1 N–H and O–H groups in total. The van der Waals surface area contributed by atoms with E-state index in [9.17, 15) is 0 Å². The number of hydrogen-bond acceptors (Lipinski definition) is 4. The van der Waals surface area contributed by atoms with E-state index in [1.807, 2.05) is 0 Å². The highest BCUT2D eigenvalue weighted by Gasteiger charge is 2.43. The van der Waals surface area contributed by atoms with E-state index in [1.54, 1.807) is 5.56 Å². The minimum atomic E-state index is 0.496. The average Bonchev–Trinajstić information content (AvgIpc) is 3.39. The van der Waals surface area contributed by atoms with Crippen LogP contribution in [-0.2, 0) is 0 Å². The number of aromatic nitrogens is 2. The van der Waals surface area contributed by atoms with Crippen LogP contribution in [0.5, 0.6) is 0 Å². The van der Waals surface area contributed by atoms with Crippen molar-refractivity contribution in [3.05, 3.63) is 47.3 Å². The van der Waals surface area contributed by atoms with Gasteiger partial charge in [0.05, 0.1) is 6.04 Å². The van der Waals surface area contributed by atoms with Gasteiger partial charge in [-0.1, -0.05) is 43.5 Å². The zero-order valence-electron chi connectivity index (χ0n) is 15.9. The molecular formula is C23H28N4. The second-order valence-corrected chi connectivity index (χ2v) is 8.95. The molecule has 3 fully saturated rings. The van der Waals surface area contributed by atoms with Crippen LogP contribution in [0.4, 0.5) is 11.6 Å². The zero-order valence-corrected chi connectivity index (χ0v) is 15.9. The Balaban J connectivity index is 1.32. The van der Waals surface area contributed by atoms with E-state index in [0.29, 0.717) is 23.9 Å². The molecule has 3 aliphatic carbocycles. The molecule has 0 unspecified atom stereocenters. The molecule has 1 aromatic carbocycles. The van der Waals surface area contributed by atoms with Gasteiger partial charge in [-0.2, -0.15) is 0 Å². The molecular weight excluding hydrogens is 332 g/mol. The maximum atomic E-state index is 5.04. The highest BCUT2D eigenvalue weighted by molar-refractivity contribution is 5.57. The minimum Gasteiger partial charge on any atom is -0.367 e. The van der Waals surface area contributed by atoms with Crippen molar-refractivity contribution in [1.29, 1.82) is 0 Å². The van der Waals surface area contributed by atoms with Gasteiger partial charge in [0.25, 0.3) is 0 Å². The van der Waals surface area contributed by atoms with Gasteiger partial charge in [-0.25, -0.2) is 9.97 Å². The quantitative estimate of drug-likeness (QED) is 0.819. The molecule has 2 atom stereocenters. The number of nitrogens with zero attached hydrogens (tertiary/aromatic N) is 3. The van der Waals surface area contributed by atoms with Crippen molar-refractivity contribution in [2.45, 2.75) is 75.3 Å². The lowest BCUT2D eigenvalue weighted by Crippen LogP contribution is -2.29. The molecule has 6 rings (SSSR count). The molecule has 4 aliphatic rings. The second kappa shape index (κ2) is 6.22. The van der Waals surface area contributed by atoms with Crippen molar-refractivity contribution < 1.29 is 0 Å². The third-order valence-electron chi connectivity index (χ3n) is 7.02. The smallest absolute Gasteiger partial charge is 0.136 e. The summed E-state index contributed by atoms with van der Waals surface area (Å²) in [5.41, 5.74) is 3.08. The lowest BCUT2D eigenvalue weighted by atomic mass is 9.95. The summed E-state index contributed by atoms with van der Waals surface area (Å²) >= 11 is 0. The first-order chi connectivity index (χ1) is 13.3. The monoisotopic (exact) mass is 360 g/mol. The summed E-state index contributed by atoms with van der Waals surface area (Å²) in [6.07, 6.45) is 10.4. The summed E-state index contributed by atoms with van der Waals surface area (Å²) in [6.45, 7) is 1.10. The highest BCUT2D eigenvalue weighted by atomic mass is 15.3. The van der Waals surface area contributed by atoms with Crippen LogP contribution in [0.2, 0.25) is 0 Å². The zero-order chi connectivity index (χ0) is 17.8. The molecule has 4 nitrogen and oxygen atoms in total. The summed E-state index contributed by atoms with van der Waals surface area (Å²) in [7, 11) is 0. The van der Waals surface area contributed by atoms with Crippen LogP contribution >= 0.6 is 0 Å². The van der Waals surface area contributed by atoms with Gasteiger partial charge in [-0.05, 0) is 43.2 Å². The highest BCUT2D eigenvalue weighted by Crippen LogP contribution is 2.51. The van der Waals surface area contributed by atoms with E-state index < -0.39 is 0 Å². The maximum Gasteiger partial charge on any atom is 0.136 e. The second-order valence-electron chi connectivity index (χ2n) is 8.95. The SMILES string of the molecule is c1ccc2c(c1)[C@H]1C[C@H]2N(c2cc(NC3CCCCC3)nc(C3CC3)n2)C1. The van der Waals surface area contributed by atoms with Crippen LogP contribution in [0.15, 0.2) is 30.3 Å². The van der Waals surface area contributed by atoms with Crippen molar-refractivity contribution in [3.8, 4) is 0 Å². The molecule has 2 saturated carbocycles. The fourth-order valence-corrected chi connectivity index (χ4v) is 5.45. The molecule has 0 radical (unpaired) electrons. The van der Waals surface area contributed by atoms with Crippen molar-refractivity contribution in [2.75, 3.05) is 16.8 Å². The summed E-state index contributed by atoms with van der Waals surface area (Å²) < 4.78 is 0. The number of anilines is 2. The van der Waals surface area contributed by atoms with E-state index in [0.717, 1.165) is 24.0 Å². The van der Waals surface area contributed by atoms with Crippen LogP contribution in [0.25, 0.3) is 0 Å². The van der Waals surface area contributed by atoms with Gasteiger partial charge in [-0.15, -0.1) is 0 Å². The lowest BCUT2D eigenvalue weighted by Gasteiger charge is -2.31. The summed E-state index contributed by atoms with van der Waals surface area (Å²) in [5, 5.41) is 3.75. The van der Waals surface area contributed by atoms with E-state index >= 15 is 0 Å². The number of nitrogens with one attached hydrogen (secondary N) is 1. The Morgan fingerprint density at radius 1 is 0.889 bits per heavy atom. The van der Waals surface area contributed by atoms with Crippen molar-refractivity contribution >= 4 is 11.6 Å². The van der Waals surface area contributed by atoms with Crippen LogP contribution in [0.1, 0.15) is 86.2 Å². The number of fused-ring (bicyclic) bond motifs is 5. The van der Waals surface area contributed by atoms with Crippen LogP contribution < -0.4 is 10.2 Å². The Kier molecular flexibility index (Phi) is 3.66. The van der Waals surface area contributed by atoms with Crippen LogP contribution in [0.3, 0.4) is 0 Å². The summed E-state index contributed by atoms with van der Waals surface area (Å²) in [6, 6.07) is 12.3. The van der Waals surface area contributed by atoms with Gasteiger partial charge >= 0.3 is 0 Å². The van der Waals surface area contributed by atoms with Gasteiger partial charge in [0.2, 0.25) is 0 Å². The van der Waals surface area contributed by atoms with Gasteiger partial charge in [0.15, 0.2) is 0 Å².